The van der Waals surface area contributed by atoms with Crippen LogP contribution in [0.15, 0.2) is 0 Å². The third-order valence-corrected chi connectivity index (χ3v) is 1.83. The van der Waals surface area contributed by atoms with Gasteiger partial charge in [0.25, 0.3) is 0 Å². The Morgan fingerprint density at radius 1 is 1.43 bits per heavy atom. The van der Waals surface area contributed by atoms with Crippen molar-refractivity contribution < 1.29 is 4.84 Å². The molecule has 0 aromatic rings. The molecule has 1 aliphatic heterocycles. The largest absolute Gasteiger partial charge is 0.298 e. The van der Waals surface area contributed by atoms with Gasteiger partial charge in [0.15, 0.2) is 0 Å². The third-order valence-electron chi connectivity index (χ3n) is 0.943. The van der Waals surface area contributed by atoms with Gasteiger partial charge in [-0.2, -0.15) is 5.25 Å². The van der Waals surface area contributed by atoms with Gasteiger partial charge in [0.05, 0.1) is 6.61 Å². The van der Waals surface area contributed by atoms with E-state index in [0.29, 0.717) is 0 Å². The summed E-state index contributed by atoms with van der Waals surface area (Å²) in [6.45, 7) is 0.896. The first-order valence-electron chi connectivity index (χ1n) is 2.60. The quantitative estimate of drug-likeness (QED) is 0.478. The van der Waals surface area contributed by atoms with E-state index in [0.717, 1.165) is 15.3 Å². The van der Waals surface area contributed by atoms with Crippen molar-refractivity contribution in [3.63, 3.8) is 0 Å². The van der Waals surface area contributed by atoms with Crippen LogP contribution >= 0.6 is 8.73 Å². The van der Waals surface area contributed by atoms with E-state index in [9.17, 15) is 0 Å². The summed E-state index contributed by atoms with van der Waals surface area (Å²) in [5.41, 5.74) is 0. The maximum atomic E-state index is 4.96. The summed E-state index contributed by atoms with van der Waals surface area (Å²) in [5, 5.41) is 2.88. The lowest BCUT2D eigenvalue weighted by atomic mass is 10.4. The zero-order chi connectivity index (χ0) is 4.95. The Hall–Kier alpha value is 0.350. The molecule has 0 aromatic heterocycles. The normalized spacial score (nSPS) is 27.4. The molecule has 3 heteroatoms. The van der Waals surface area contributed by atoms with E-state index < -0.39 is 0 Å². The summed E-state index contributed by atoms with van der Waals surface area (Å²) in [6.07, 6.45) is 3.84. The van der Waals surface area contributed by atoms with Crippen molar-refractivity contribution >= 4 is 8.73 Å². The van der Waals surface area contributed by atoms with E-state index in [4.69, 9.17) is 4.84 Å². The van der Waals surface area contributed by atoms with Gasteiger partial charge in [-0.15, -0.1) is 0 Å². The van der Waals surface area contributed by atoms with Gasteiger partial charge >= 0.3 is 0 Å². The molecule has 7 heavy (non-hydrogen) atoms. The van der Waals surface area contributed by atoms with Crippen molar-refractivity contribution in [1.82, 2.24) is 5.25 Å². The number of hydrogen-bond donors (Lipinski definition) is 1. The van der Waals surface area contributed by atoms with Gasteiger partial charge in [-0.1, -0.05) is 0 Å². The van der Waals surface area contributed by atoms with Gasteiger partial charge in [-0.05, 0) is 27.7 Å². The molecule has 1 heterocycles. The van der Waals surface area contributed by atoms with Crippen LogP contribution < -0.4 is 5.25 Å². The molecule has 0 radical (unpaired) electrons. The highest BCUT2D eigenvalue weighted by molar-refractivity contribution is 7.35. The summed E-state index contributed by atoms with van der Waals surface area (Å²) in [6, 6.07) is 0. The Balaban J connectivity index is 2.04. The van der Waals surface area contributed by atoms with Crippen molar-refractivity contribution in [2.24, 2.45) is 0 Å². The van der Waals surface area contributed by atoms with E-state index in [1.807, 2.05) is 0 Å². The number of hydrogen-bond acceptors (Lipinski definition) is 2. The highest BCUT2D eigenvalue weighted by Crippen LogP contribution is 2.10. The molecule has 0 aliphatic carbocycles. The first-order valence-corrected chi connectivity index (χ1v) is 3.80. The fourth-order valence-corrected chi connectivity index (χ4v) is 1.27. The molecule has 1 rings (SSSR count). The molecule has 0 saturated carbocycles. The minimum absolute atomic E-state index is 0.823. The second-order valence-electron chi connectivity index (χ2n) is 1.58. The van der Waals surface area contributed by atoms with E-state index in [-0.39, 0.29) is 0 Å². The molecule has 42 valence electrons. The maximum Gasteiger partial charge on any atom is 0.0686 e. The van der Waals surface area contributed by atoms with Crippen LogP contribution in [0, 0.1) is 0 Å². The Kier molecular flexibility index (Phi) is 2.64. The molecule has 0 amide bonds. The average Bonchev–Trinajstić information content (AvgIpc) is 1.90. The van der Waals surface area contributed by atoms with Crippen molar-refractivity contribution in [3.05, 3.63) is 0 Å². The van der Waals surface area contributed by atoms with Crippen molar-refractivity contribution in [1.29, 1.82) is 0 Å². The Bertz CT molecular complexity index is 31.3. The first-order chi connectivity index (χ1) is 3.50. The van der Waals surface area contributed by atoms with E-state index in [1.165, 1.54) is 19.0 Å². The summed E-state index contributed by atoms with van der Waals surface area (Å²) >= 11 is 0. The molecule has 1 unspecified atom stereocenters. The number of rotatable bonds is 0. The van der Waals surface area contributed by atoms with Crippen LogP contribution in [-0.2, 0) is 4.84 Å². The smallest absolute Gasteiger partial charge is 0.0686 e. The SMILES string of the molecule is C1CCPNOC1. The standard InChI is InChI=1S/C4H10NOP/c1-2-4-7-5-6-3-1/h5,7H,1-4H2. The molecule has 1 atom stereocenters. The molecule has 1 fully saturated rings. The van der Waals surface area contributed by atoms with Crippen LogP contribution in [0.3, 0.4) is 0 Å². The molecular formula is C4H10NOP. The van der Waals surface area contributed by atoms with Crippen LogP contribution in [0.1, 0.15) is 12.8 Å². The van der Waals surface area contributed by atoms with Gasteiger partial charge in [-0.25, -0.2) is 0 Å². The van der Waals surface area contributed by atoms with Gasteiger partial charge in [0.2, 0.25) is 0 Å². The highest BCUT2D eigenvalue weighted by Gasteiger charge is 1.94. The predicted octanol–water partition coefficient (Wildman–Crippen LogP) is 0.895. The zero-order valence-corrected chi connectivity index (χ0v) is 5.24. The lowest BCUT2D eigenvalue weighted by molar-refractivity contribution is 0.101. The van der Waals surface area contributed by atoms with Gasteiger partial charge < -0.3 is 0 Å². The van der Waals surface area contributed by atoms with Crippen LogP contribution in [0.25, 0.3) is 0 Å². The average molecular weight is 119 g/mol. The lowest BCUT2D eigenvalue weighted by Crippen LogP contribution is -2.00. The molecule has 0 aromatic carbocycles. The van der Waals surface area contributed by atoms with Crippen molar-refractivity contribution in [3.8, 4) is 0 Å². The van der Waals surface area contributed by atoms with Crippen molar-refractivity contribution in [2.75, 3.05) is 12.8 Å². The molecule has 1 aliphatic rings. The molecule has 2 nitrogen and oxygen atoms in total. The third kappa shape index (κ3) is 2.22. The topological polar surface area (TPSA) is 21.3 Å². The van der Waals surface area contributed by atoms with Gasteiger partial charge in [-0.3, -0.25) is 4.84 Å². The second-order valence-corrected chi connectivity index (χ2v) is 2.64. The summed E-state index contributed by atoms with van der Waals surface area (Å²) in [4.78, 5) is 4.96. The van der Waals surface area contributed by atoms with Crippen LogP contribution in [0.5, 0.6) is 0 Å². The monoisotopic (exact) mass is 119 g/mol. The highest BCUT2D eigenvalue weighted by atomic mass is 31.1. The van der Waals surface area contributed by atoms with Gasteiger partial charge in [0, 0.05) is 0 Å². The van der Waals surface area contributed by atoms with Crippen molar-refractivity contribution in [2.45, 2.75) is 12.8 Å². The second kappa shape index (κ2) is 3.36. The minimum Gasteiger partial charge on any atom is -0.298 e. The van der Waals surface area contributed by atoms with E-state index >= 15 is 0 Å². The number of nitrogens with one attached hydrogen (secondary N) is 1. The molecular weight excluding hydrogens is 109 g/mol. The molecule has 0 bridgehead atoms. The van der Waals surface area contributed by atoms with Gasteiger partial charge in [0.1, 0.15) is 0 Å². The Morgan fingerprint density at radius 2 is 2.43 bits per heavy atom. The Morgan fingerprint density at radius 3 is 3.43 bits per heavy atom. The maximum absolute atomic E-state index is 4.96. The fourth-order valence-electron chi connectivity index (χ4n) is 0.541. The molecule has 0 spiro atoms. The Labute approximate surface area is 45.4 Å². The van der Waals surface area contributed by atoms with E-state index in [1.54, 1.807) is 0 Å². The zero-order valence-electron chi connectivity index (χ0n) is 4.24. The fraction of sp³-hybridized carbons (Fsp3) is 1.00. The summed E-state index contributed by atoms with van der Waals surface area (Å²) in [7, 11) is 0.823. The van der Waals surface area contributed by atoms with E-state index in [2.05, 4.69) is 5.25 Å². The molecule has 1 saturated heterocycles. The first kappa shape index (κ1) is 5.49. The molecule has 1 N–H and O–H groups in total. The van der Waals surface area contributed by atoms with Crippen LogP contribution in [0.4, 0.5) is 0 Å². The van der Waals surface area contributed by atoms with Crippen LogP contribution in [0.2, 0.25) is 0 Å². The lowest BCUT2D eigenvalue weighted by Gasteiger charge is -1.94. The summed E-state index contributed by atoms with van der Waals surface area (Å²) in [5.74, 6) is 0. The predicted molar refractivity (Wildman–Crippen MR) is 31.5 cm³/mol. The summed E-state index contributed by atoms with van der Waals surface area (Å²) < 4.78 is 0. The van der Waals surface area contributed by atoms with Crippen LogP contribution in [-0.4, -0.2) is 12.8 Å². The minimum atomic E-state index is 0.823.